The zero-order valence-electron chi connectivity index (χ0n) is 9.66. The van der Waals surface area contributed by atoms with Crippen LogP contribution in [0.15, 0.2) is 29.8 Å². The quantitative estimate of drug-likeness (QED) is 0.783. The molecule has 0 heterocycles. The fourth-order valence-corrected chi connectivity index (χ4v) is 2.13. The largest absolute Gasteiger partial charge is 0.550 e. The van der Waals surface area contributed by atoms with E-state index in [0.29, 0.717) is 18.4 Å². The standard InChI is InChI=1S/C14H14O3/c1-9-2-4-10(5-3-9)11-6-7-13(15)12(11)8-14(16)17/h2-5H,6-8H2,1H3,(H,16,17)/p-1. The van der Waals surface area contributed by atoms with Crippen molar-refractivity contribution in [2.45, 2.75) is 26.2 Å². The molecule has 1 aromatic carbocycles. The van der Waals surface area contributed by atoms with Gasteiger partial charge < -0.3 is 9.90 Å². The van der Waals surface area contributed by atoms with Crippen LogP contribution in [0, 0.1) is 6.92 Å². The molecule has 0 fully saturated rings. The summed E-state index contributed by atoms with van der Waals surface area (Å²) in [5.74, 6) is -1.26. The van der Waals surface area contributed by atoms with Gasteiger partial charge in [0.05, 0.1) is 0 Å². The van der Waals surface area contributed by atoms with Gasteiger partial charge in [0.15, 0.2) is 5.78 Å². The molecule has 0 saturated heterocycles. The van der Waals surface area contributed by atoms with Crippen molar-refractivity contribution in [2.75, 3.05) is 0 Å². The second-order valence-electron chi connectivity index (χ2n) is 4.30. The van der Waals surface area contributed by atoms with E-state index < -0.39 is 5.97 Å². The van der Waals surface area contributed by atoms with Gasteiger partial charge in [-0.15, -0.1) is 0 Å². The molecule has 0 bridgehead atoms. The predicted octanol–water partition coefficient (Wildman–Crippen LogP) is 1.25. The van der Waals surface area contributed by atoms with Crippen LogP contribution in [0.2, 0.25) is 0 Å². The van der Waals surface area contributed by atoms with Crippen molar-refractivity contribution in [1.29, 1.82) is 0 Å². The molecule has 0 saturated carbocycles. The van der Waals surface area contributed by atoms with Gasteiger partial charge in [-0.3, -0.25) is 4.79 Å². The molecular formula is C14H13O3-. The van der Waals surface area contributed by atoms with Gasteiger partial charge >= 0.3 is 0 Å². The Hall–Kier alpha value is -1.90. The normalized spacial score (nSPS) is 15.5. The monoisotopic (exact) mass is 229 g/mol. The van der Waals surface area contributed by atoms with Crippen LogP contribution in [0.4, 0.5) is 0 Å². The van der Waals surface area contributed by atoms with Crippen LogP contribution < -0.4 is 5.11 Å². The zero-order valence-corrected chi connectivity index (χ0v) is 9.66. The maximum absolute atomic E-state index is 11.6. The van der Waals surface area contributed by atoms with Crippen LogP contribution in [-0.4, -0.2) is 11.8 Å². The van der Waals surface area contributed by atoms with Crippen molar-refractivity contribution in [2.24, 2.45) is 0 Å². The number of rotatable bonds is 3. The first-order chi connectivity index (χ1) is 8.08. The molecule has 3 heteroatoms. The van der Waals surface area contributed by atoms with E-state index in [2.05, 4.69) is 0 Å². The fraction of sp³-hybridized carbons (Fsp3) is 0.286. The summed E-state index contributed by atoms with van der Waals surface area (Å²) in [5.41, 5.74) is 3.35. The lowest BCUT2D eigenvalue weighted by molar-refractivity contribution is -0.304. The summed E-state index contributed by atoms with van der Waals surface area (Å²) in [6, 6.07) is 7.78. The zero-order chi connectivity index (χ0) is 12.4. The van der Waals surface area contributed by atoms with Crippen LogP contribution in [-0.2, 0) is 9.59 Å². The van der Waals surface area contributed by atoms with E-state index in [4.69, 9.17) is 0 Å². The van der Waals surface area contributed by atoms with Gasteiger partial charge in [-0.25, -0.2) is 0 Å². The van der Waals surface area contributed by atoms with Crippen molar-refractivity contribution < 1.29 is 14.7 Å². The number of carboxylic acids is 1. The van der Waals surface area contributed by atoms with E-state index in [9.17, 15) is 14.7 Å². The van der Waals surface area contributed by atoms with Crippen molar-refractivity contribution in [1.82, 2.24) is 0 Å². The number of carbonyl (C=O) groups is 2. The van der Waals surface area contributed by atoms with Crippen molar-refractivity contribution in [3.8, 4) is 0 Å². The number of Topliss-reactive ketones (excluding diaryl/α,β-unsaturated/α-hetero) is 1. The highest BCUT2D eigenvalue weighted by molar-refractivity contribution is 6.09. The molecule has 0 aliphatic heterocycles. The van der Waals surface area contributed by atoms with E-state index in [-0.39, 0.29) is 12.2 Å². The Labute approximate surface area is 99.8 Å². The topological polar surface area (TPSA) is 57.2 Å². The Morgan fingerprint density at radius 2 is 1.88 bits per heavy atom. The lowest BCUT2D eigenvalue weighted by Crippen LogP contribution is -2.23. The molecule has 0 spiro atoms. The Balaban J connectivity index is 2.40. The number of aryl methyl sites for hydroxylation is 1. The molecule has 0 radical (unpaired) electrons. The summed E-state index contributed by atoms with van der Waals surface area (Å²) < 4.78 is 0. The van der Waals surface area contributed by atoms with Crippen LogP contribution in [0.25, 0.3) is 5.57 Å². The van der Waals surface area contributed by atoms with E-state index in [1.807, 2.05) is 31.2 Å². The summed E-state index contributed by atoms with van der Waals surface area (Å²) in [5, 5.41) is 10.6. The lowest BCUT2D eigenvalue weighted by atomic mass is 9.99. The maximum Gasteiger partial charge on any atom is 0.159 e. The van der Waals surface area contributed by atoms with Gasteiger partial charge in [0, 0.05) is 24.4 Å². The first-order valence-corrected chi connectivity index (χ1v) is 5.60. The summed E-state index contributed by atoms with van der Waals surface area (Å²) in [4.78, 5) is 22.2. The molecule has 1 aliphatic carbocycles. The van der Waals surface area contributed by atoms with E-state index >= 15 is 0 Å². The number of hydrogen-bond acceptors (Lipinski definition) is 3. The SMILES string of the molecule is Cc1ccc(C2=C(CC(=O)[O-])C(=O)CC2)cc1. The van der Waals surface area contributed by atoms with Gasteiger partial charge in [-0.1, -0.05) is 29.8 Å². The molecule has 1 aliphatic rings. The van der Waals surface area contributed by atoms with Crippen molar-refractivity contribution >= 4 is 17.3 Å². The highest BCUT2D eigenvalue weighted by Crippen LogP contribution is 2.33. The molecule has 88 valence electrons. The second kappa shape index (κ2) is 4.53. The molecular weight excluding hydrogens is 216 g/mol. The minimum Gasteiger partial charge on any atom is -0.550 e. The predicted molar refractivity (Wildman–Crippen MR) is 62.0 cm³/mol. The average molecular weight is 229 g/mol. The smallest absolute Gasteiger partial charge is 0.159 e. The van der Waals surface area contributed by atoms with E-state index in [1.165, 1.54) is 0 Å². The Bertz CT molecular complexity index is 495. The van der Waals surface area contributed by atoms with Gasteiger partial charge in [0.1, 0.15) is 0 Å². The Morgan fingerprint density at radius 3 is 2.47 bits per heavy atom. The number of carboxylic acid groups (broad SMARTS) is 1. The van der Waals surface area contributed by atoms with Crippen LogP contribution in [0.1, 0.15) is 30.4 Å². The molecule has 17 heavy (non-hydrogen) atoms. The number of allylic oxidation sites excluding steroid dienone is 1. The highest BCUT2D eigenvalue weighted by Gasteiger charge is 2.23. The first kappa shape index (κ1) is 11.6. The third kappa shape index (κ3) is 2.44. The van der Waals surface area contributed by atoms with E-state index in [1.54, 1.807) is 0 Å². The summed E-state index contributed by atoms with van der Waals surface area (Å²) in [6.07, 6.45) is 0.762. The molecule has 0 atom stereocenters. The molecule has 0 unspecified atom stereocenters. The number of ketones is 1. The summed E-state index contributed by atoms with van der Waals surface area (Å²) in [7, 11) is 0. The third-order valence-corrected chi connectivity index (χ3v) is 3.02. The third-order valence-electron chi connectivity index (χ3n) is 3.02. The summed E-state index contributed by atoms with van der Waals surface area (Å²) in [6.45, 7) is 1.99. The average Bonchev–Trinajstić information content (AvgIpc) is 2.61. The molecule has 2 rings (SSSR count). The van der Waals surface area contributed by atoms with Crippen LogP contribution in [0.5, 0.6) is 0 Å². The van der Waals surface area contributed by atoms with Crippen LogP contribution >= 0.6 is 0 Å². The van der Waals surface area contributed by atoms with Crippen molar-refractivity contribution in [3.63, 3.8) is 0 Å². The molecule has 0 aromatic heterocycles. The summed E-state index contributed by atoms with van der Waals surface area (Å²) >= 11 is 0. The minimum atomic E-state index is -1.19. The Morgan fingerprint density at radius 1 is 1.24 bits per heavy atom. The van der Waals surface area contributed by atoms with Gasteiger partial charge in [0.25, 0.3) is 0 Å². The second-order valence-corrected chi connectivity index (χ2v) is 4.30. The molecule has 3 nitrogen and oxygen atoms in total. The van der Waals surface area contributed by atoms with Gasteiger partial charge in [0.2, 0.25) is 0 Å². The lowest BCUT2D eigenvalue weighted by Gasteiger charge is -2.07. The highest BCUT2D eigenvalue weighted by atomic mass is 16.4. The van der Waals surface area contributed by atoms with E-state index in [0.717, 1.165) is 16.7 Å². The van der Waals surface area contributed by atoms with Gasteiger partial charge in [-0.05, 0) is 24.5 Å². The number of aliphatic carboxylic acids is 1. The fourth-order valence-electron chi connectivity index (χ4n) is 2.13. The number of benzene rings is 1. The molecule has 1 aromatic rings. The Kier molecular flexibility index (Phi) is 3.09. The molecule has 0 amide bonds. The molecule has 0 N–H and O–H groups in total. The maximum atomic E-state index is 11.6. The first-order valence-electron chi connectivity index (χ1n) is 5.60. The van der Waals surface area contributed by atoms with Gasteiger partial charge in [-0.2, -0.15) is 0 Å². The van der Waals surface area contributed by atoms with Crippen molar-refractivity contribution in [3.05, 3.63) is 41.0 Å². The number of carbonyl (C=O) groups excluding carboxylic acids is 2. The minimum absolute atomic E-state index is 0.0650. The van der Waals surface area contributed by atoms with Crippen LogP contribution in [0.3, 0.4) is 0 Å². The number of hydrogen-bond donors (Lipinski definition) is 0.